The van der Waals surface area contributed by atoms with E-state index in [4.69, 9.17) is 0 Å². The highest BCUT2D eigenvalue weighted by atomic mass is 15.2. The van der Waals surface area contributed by atoms with E-state index >= 15 is 0 Å². The molecule has 1 fully saturated rings. The molecule has 0 spiro atoms. The third-order valence-electron chi connectivity index (χ3n) is 3.20. The maximum absolute atomic E-state index is 4.67. The quantitative estimate of drug-likeness (QED) is 0.822. The van der Waals surface area contributed by atoms with Gasteiger partial charge in [-0.2, -0.15) is 0 Å². The molecule has 1 aromatic rings. The van der Waals surface area contributed by atoms with Crippen LogP contribution in [-0.2, 0) is 6.54 Å². The monoisotopic (exact) mass is 219 g/mol. The van der Waals surface area contributed by atoms with Crippen molar-refractivity contribution >= 4 is 5.82 Å². The largest absolute Gasteiger partial charge is 0.357 e. The average molecular weight is 219 g/mol. The van der Waals surface area contributed by atoms with E-state index in [2.05, 4.69) is 48.2 Å². The summed E-state index contributed by atoms with van der Waals surface area (Å²) in [6.07, 6.45) is 2.63. The lowest BCUT2D eigenvalue weighted by Gasteiger charge is -2.18. The van der Waals surface area contributed by atoms with Crippen LogP contribution in [0.15, 0.2) is 12.1 Å². The van der Waals surface area contributed by atoms with Gasteiger partial charge in [0.25, 0.3) is 0 Å². The lowest BCUT2D eigenvalue weighted by atomic mass is 10.2. The fourth-order valence-corrected chi connectivity index (χ4v) is 1.87. The minimum atomic E-state index is 0.728. The van der Waals surface area contributed by atoms with E-state index in [1.54, 1.807) is 0 Å². The zero-order valence-corrected chi connectivity index (χ0v) is 10.5. The van der Waals surface area contributed by atoms with Gasteiger partial charge in [-0.1, -0.05) is 13.0 Å². The van der Waals surface area contributed by atoms with Crippen LogP contribution in [-0.4, -0.2) is 24.6 Å². The van der Waals surface area contributed by atoms with Crippen LogP contribution < -0.4 is 10.2 Å². The minimum Gasteiger partial charge on any atom is -0.357 e. The molecule has 1 aromatic heterocycles. The lowest BCUT2D eigenvalue weighted by Crippen LogP contribution is -2.21. The maximum atomic E-state index is 4.67. The predicted octanol–water partition coefficient (Wildman–Crippen LogP) is 2.10. The zero-order valence-electron chi connectivity index (χ0n) is 10.5. The van der Waals surface area contributed by atoms with Crippen molar-refractivity contribution in [3.05, 3.63) is 23.4 Å². The van der Waals surface area contributed by atoms with Crippen molar-refractivity contribution in [2.24, 2.45) is 0 Å². The van der Waals surface area contributed by atoms with E-state index in [0.29, 0.717) is 0 Å². The van der Waals surface area contributed by atoms with E-state index in [1.165, 1.54) is 18.4 Å². The van der Waals surface area contributed by atoms with Crippen LogP contribution in [0, 0.1) is 6.92 Å². The molecule has 3 heteroatoms. The average Bonchev–Trinajstić information content (AvgIpc) is 3.10. The molecule has 1 N–H and O–H groups in total. The summed E-state index contributed by atoms with van der Waals surface area (Å²) in [4.78, 5) is 6.97. The molecule has 3 nitrogen and oxygen atoms in total. The van der Waals surface area contributed by atoms with E-state index in [1.807, 2.05) is 0 Å². The van der Waals surface area contributed by atoms with Crippen molar-refractivity contribution in [1.29, 1.82) is 0 Å². The molecule has 0 bridgehead atoms. The molecule has 0 radical (unpaired) electrons. The Morgan fingerprint density at radius 1 is 1.44 bits per heavy atom. The van der Waals surface area contributed by atoms with Crippen molar-refractivity contribution in [3.63, 3.8) is 0 Å². The van der Waals surface area contributed by atoms with E-state index in [0.717, 1.165) is 30.6 Å². The molecule has 16 heavy (non-hydrogen) atoms. The molecule has 2 rings (SSSR count). The topological polar surface area (TPSA) is 28.2 Å². The van der Waals surface area contributed by atoms with Crippen LogP contribution in [0.3, 0.4) is 0 Å². The van der Waals surface area contributed by atoms with Gasteiger partial charge in [0, 0.05) is 25.3 Å². The molecular weight excluding hydrogens is 198 g/mol. The van der Waals surface area contributed by atoms with Gasteiger partial charge < -0.3 is 10.2 Å². The first-order chi connectivity index (χ1) is 7.72. The minimum absolute atomic E-state index is 0.728. The summed E-state index contributed by atoms with van der Waals surface area (Å²) >= 11 is 0. The van der Waals surface area contributed by atoms with Crippen LogP contribution in [0.1, 0.15) is 31.0 Å². The van der Waals surface area contributed by atoms with Gasteiger partial charge >= 0.3 is 0 Å². The second kappa shape index (κ2) is 4.83. The van der Waals surface area contributed by atoms with Crippen LogP contribution in [0.2, 0.25) is 0 Å². The van der Waals surface area contributed by atoms with Gasteiger partial charge in [-0.3, -0.25) is 0 Å². The Labute approximate surface area is 97.9 Å². The molecule has 0 atom stereocenters. The van der Waals surface area contributed by atoms with Gasteiger partial charge in [-0.05, 0) is 37.9 Å². The first-order valence-corrected chi connectivity index (χ1v) is 6.12. The first kappa shape index (κ1) is 11.4. The molecule has 0 amide bonds. The Bertz CT molecular complexity index is 358. The fourth-order valence-electron chi connectivity index (χ4n) is 1.87. The van der Waals surface area contributed by atoms with Crippen molar-refractivity contribution in [2.45, 2.75) is 39.3 Å². The molecule has 1 heterocycles. The SMILES string of the molecule is CCNCc1ccc(N(C)C2CC2)nc1C. The van der Waals surface area contributed by atoms with E-state index in [-0.39, 0.29) is 0 Å². The number of aromatic nitrogens is 1. The van der Waals surface area contributed by atoms with Crippen molar-refractivity contribution < 1.29 is 0 Å². The molecule has 0 aliphatic heterocycles. The molecule has 1 aliphatic carbocycles. The van der Waals surface area contributed by atoms with Crippen LogP contribution in [0.4, 0.5) is 5.82 Å². The number of pyridine rings is 1. The Kier molecular flexibility index (Phi) is 3.44. The highest BCUT2D eigenvalue weighted by Crippen LogP contribution is 2.29. The van der Waals surface area contributed by atoms with Crippen LogP contribution >= 0.6 is 0 Å². The Morgan fingerprint density at radius 2 is 2.19 bits per heavy atom. The van der Waals surface area contributed by atoms with Gasteiger partial charge in [0.1, 0.15) is 5.82 Å². The second-order valence-corrected chi connectivity index (χ2v) is 4.54. The number of aryl methyl sites for hydroxylation is 1. The number of hydrogen-bond donors (Lipinski definition) is 1. The number of rotatable bonds is 5. The second-order valence-electron chi connectivity index (χ2n) is 4.54. The molecule has 0 unspecified atom stereocenters. The summed E-state index contributed by atoms with van der Waals surface area (Å²) in [5, 5.41) is 3.34. The number of hydrogen-bond acceptors (Lipinski definition) is 3. The molecule has 88 valence electrons. The van der Waals surface area contributed by atoms with Gasteiger partial charge in [0.05, 0.1) is 0 Å². The smallest absolute Gasteiger partial charge is 0.128 e. The van der Waals surface area contributed by atoms with E-state index < -0.39 is 0 Å². The summed E-state index contributed by atoms with van der Waals surface area (Å²) in [6, 6.07) is 5.06. The Hall–Kier alpha value is -1.09. The molecule has 0 saturated heterocycles. The summed E-state index contributed by atoms with van der Waals surface area (Å²) in [6.45, 7) is 6.14. The van der Waals surface area contributed by atoms with Gasteiger partial charge in [-0.25, -0.2) is 4.98 Å². The van der Waals surface area contributed by atoms with E-state index in [9.17, 15) is 0 Å². The van der Waals surface area contributed by atoms with Crippen LogP contribution in [0.25, 0.3) is 0 Å². The number of anilines is 1. The zero-order chi connectivity index (χ0) is 11.5. The lowest BCUT2D eigenvalue weighted by molar-refractivity contribution is 0.719. The highest BCUT2D eigenvalue weighted by Gasteiger charge is 2.27. The first-order valence-electron chi connectivity index (χ1n) is 6.12. The summed E-state index contributed by atoms with van der Waals surface area (Å²) in [7, 11) is 2.14. The Balaban J connectivity index is 2.08. The summed E-state index contributed by atoms with van der Waals surface area (Å²) < 4.78 is 0. The normalized spacial score (nSPS) is 15.2. The third kappa shape index (κ3) is 2.53. The van der Waals surface area contributed by atoms with Gasteiger partial charge in [-0.15, -0.1) is 0 Å². The van der Waals surface area contributed by atoms with Gasteiger partial charge in [0.2, 0.25) is 0 Å². The predicted molar refractivity (Wildman–Crippen MR) is 67.8 cm³/mol. The van der Waals surface area contributed by atoms with Gasteiger partial charge in [0.15, 0.2) is 0 Å². The fraction of sp³-hybridized carbons (Fsp3) is 0.615. The third-order valence-corrected chi connectivity index (χ3v) is 3.20. The Morgan fingerprint density at radius 3 is 2.75 bits per heavy atom. The standard InChI is InChI=1S/C13H21N3/c1-4-14-9-11-5-8-13(15-10(11)2)16(3)12-6-7-12/h5,8,12,14H,4,6-7,9H2,1-3H3. The van der Waals surface area contributed by atoms with Crippen molar-refractivity contribution in [1.82, 2.24) is 10.3 Å². The van der Waals surface area contributed by atoms with Crippen molar-refractivity contribution in [2.75, 3.05) is 18.5 Å². The molecule has 1 aliphatic rings. The summed E-state index contributed by atoms with van der Waals surface area (Å²) in [5.41, 5.74) is 2.45. The molecule has 0 aromatic carbocycles. The molecule has 1 saturated carbocycles. The number of nitrogens with one attached hydrogen (secondary N) is 1. The summed E-state index contributed by atoms with van der Waals surface area (Å²) in [5.74, 6) is 1.11. The molecular formula is C13H21N3. The van der Waals surface area contributed by atoms with Crippen LogP contribution in [0.5, 0.6) is 0 Å². The number of nitrogens with zero attached hydrogens (tertiary/aromatic N) is 2. The van der Waals surface area contributed by atoms with Crippen molar-refractivity contribution in [3.8, 4) is 0 Å². The maximum Gasteiger partial charge on any atom is 0.128 e. The highest BCUT2D eigenvalue weighted by molar-refractivity contribution is 5.43.